The van der Waals surface area contributed by atoms with Gasteiger partial charge in [-0.1, -0.05) is 48.5 Å². The predicted molar refractivity (Wildman–Crippen MR) is 157 cm³/mol. The van der Waals surface area contributed by atoms with E-state index in [0.717, 1.165) is 71.0 Å². The van der Waals surface area contributed by atoms with Gasteiger partial charge in [-0.05, 0) is 24.3 Å². The molecule has 2 atom stereocenters. The van der Waals surface area contributed by atoms with Crippen LogP contribution in [-0.4, -0.2) is 75.8 Å². The Kier molecular flexibility index (Phi) is 9.91. The molecular formula is C33H38F2N2O6. The van der Waals surface area contributed by atoms with Crippen molar-refractivity contribution in [3.05, 3.63) is 83.9 Å². The molecule has 43 heavy (non-hydrogen) atoms. The molecule has 0 amide bonds. The second kappa shape index (κ2) is 13.4. The van der Waals surface area contributed by atoms with Crippen molar-refractivity contribution in [1.82, 2.24) is 0 Å². The fraction of sp³-hybridized carbons (Fsp3) is 0.394. The Morgan fingerprint density at radius 1 is 1.00 bits per heavy atom. The van der Waals surface area contributed by atoms with Crippen molar-refractivity contribution in [2.24, 2.45) is 0 Å². The number of rotatable bonds is 9. The average Bonchev–Trinajstić information content (AvgIpc) is 3.33. The van der Waals surface area contributed by atoms with Crippen molar-refractivity contribution in [2.45, 2.75) is 37.7 Å². The number of nitrogens with zero attached hydrogens (tertiary/aromatic N) is 2. The third-order valence-electron chi connectivity index (χ3n) is 7.64. The Balaban J connectivity index is 0.000000541. The van der Waals surface area contributed by atoms with Gasteiger partial charge in [0.25, 0.3) is 5.92 Å². The lowest BCUT2D eigenvalue weighted by atomic mass is 9.88. The molecule has 0 radical (unpaired) electrons. The van der Waals surface area contributed by atoms with Crippen LogP contribution in [0.5, 0.6) is 17.2 Å². The summed E-state index contributed by atoms with van der Waals surface area (Å²) in [4.78, 5) is 24.7. The molecule has 8 nitrogen and oxygen atoms in total. The summed E-state index contributed by atoms with van der Waals surface area (Å²) in [5.41, 5.74) is 2.82. The minimum Gasteiger partial charge on any atom is -0.544 e. The van der Waals surface area contributed by atoms with Gasteiger partial charge in [-0.2, -0.15) is 0 Å². The number of hydrogen-bond donors (Lipinski definition) is 0. The fourth-order valence-corrected chi connectivity index (χ4v) is 5.40. The molecule has 3 aromatic carbocycles. The highest BCUT2D eigenvalue weighted by molar-refractivity contribution is 5.85. The molecule has 0 aliphatic carbocycles. The van der Waals surface area contributed by atoms with E-state index in [4.69, 9.17) is 24.1 Å². The maximum atomic E-state index is 13.5. The highest BCUT2D eigenvalue weighted by Crippen LogP contribution is 2.44. The summed E-state index contributed by atoms with van der Waals surface area (Å²) in [5.74, 6) is -4.33. The lowest BCUT2D eigenvalue weighted by molar-refractivity contribution is -0.899. The zero-order chi connectivity index (χ0) is 31.2. The van der Waals surface area contributed by atoms with Crippen LogP contribution in [0.25, 0.3) is 0 Å². The van der Waals surface area contributed by atoms with E-state index in [1.54, 1.807) is 0 Å². The molecule has 2 heterocycles. The maximum absolute atomic E-state index is 13.5. The second-order valence-corrected chi connectivity index (χ2v) is 11.4. The van der Waals surface area contributed by atoms with Gasteiger partial charge >= 0.3 is 5.97 Å². The van der Waals surface area contributed by atoms with Crippen molar-refractivity contribution >= 4 is 17.6 Å². The molecule has 5 rings (SSSR count). The summed E-state index contributed by atoms with van der Waals surface area (Å²) in [6.45, 7) is 3.74. The molecular weight excluding hydrogens is 558 g/mol. The van der Waals surface area contributed by atoms with Crippen LogP contribution in [0, 0.1) is 0 Å². The number of anilines is 1. The van der Waals surface area contributed by atoms with Crippen LogP contribution in [0.15, 0.2) is 72.8 Å². The third-order valence-corrected chi connectivity index (χ3v) is 7.64. The average molecular weight is 597 g/mol. The zero-order valence-electron chi connectivity index (χ0n) is 24.9. The van der Waals surface area contributed by atoms with Crippen LogP contribution in [0.2, 0.25) is 0 Å². The van der Waals surface area contributed by atoms with E-state index in [9.17, 15) is 13.6 Å². The standard InChI is InChI=1S/C30H35N2O4.C3H4F2O2/c1-31(2)25-13-6-9-16-28(25)34-20-10-18-32(3)19-17-22(21-32)35-30(33)29-23-11-4-7-14-26(23)36-27-15-8-5-12-24(27)29;1-3(4,5)2(6)7/h4-9,11-16,22,29H,10,17-21H2,1-3H3;1H3,(H,6,7)/q+1;/p-1. The number of ether oxygens (including phenoxy) is 3. The molecule has 0 spiro atoms. The quantitative estimate of drug-likeness (QED) is 0.203. The molecule has 0 aromatic heterocycles. The first-order valence-electron chi connectivity index (χ1n) is 14.3. The summed E-state index contributed by atoms with van der Waals surface area (Å²) in [5, 5.41) is 9.16. The molecule has 2 unspecified atom stereocenters. The van der Waals surface area contributed by atoms with Crippen molar-refractivity contribution in [3.8, 4) is 17.2 Å². The lowest BCUT2D eigenvalue weighted by Gasteiger charge is -2.30. The topological polar surface area (TPSA) is 88.1 Å². The number of halogens is 2. The minimum absolute atomic E-state index is 0.0833. The Hall–Kier alpha value is -4.18. The van der Waals surface area contributed by atoms with Gasteiger partial charge in [-0.15, -0.1) is 0 Å². The summed E-state index contributed by atoms with van der Waals surface area (Å²) >= 11 is 0. The van der Waals surface area contributed by atoms with Gasteiger partial charge in [0.15, 0.2) is 6.10 Å². The van der Waals surface area contributed by atoms with Gasteiger partial charge in [0, 0.05) is 45.0 Å². The number of para-hydroxylation sites is 4. The Morgan fingerprint density at radius 3 is 2.14 bits per heavy atom. The fourth-order valence-electron chi connectivity index (χ4n) is 5.40. The largest absolute Gasteiger partial charge is 0.544 e. The summed E-state index contributed by atoms with van der Waals surface area (Å²) < 4.78 is 41.5. The van der Waals surface area contributed by atoms with Gasteiger partial charge in [-0.3, -0.25) is 4.79 Å². The van der Waals surface area contributed by atoms with Crippen LogP contribution < -0.4 is 19.5 Å². The van der Waals surface area contributed by atoms with E-state index in [1.807, 2.05) is 80.8 Å². The number of likely N-dealkylation sites (N-methyl/N-ethyl adjacent to an activating group) is 1. The van der Waals surface area contributed by atoms with E-state index in [2.05, 4.69) is 18.0 Å². The molecule has 10 heteroatoms. The number of likely N-dealkylation sites (tertiary alicyclic amines) is 1. The van der Waals surface area contributed by atoms with Crippen molar-refractivity contribution in [3.63, 3.8) is 0 Å². The van der Waals surface area contributed by atoms with Crippen LogP contribution >= 0.6 is 0 Å². The maximum Gasteiger partial charge on any atom is 0.318 e. The highest BCUT2D eigenvalue weighted by atomic mass is 19.3. The van der Waals surface area contributed by atoms with E-state index in [0.29, 0.717) is 6.61 Å². The zero-order valence-corrected chi connectivity index (χ0v) is 24.9. The molecule has 0 saturated carbocycles. The number of alkyl halides is 2. The van der Waals surface area contributed by atoms with Gasteiger partial charge < -0.3 is 33.5 Å². The number of carbonyl (C=O) groups is 2. The van der Waals surface area contributed by atoms with Crippen LogP contribution in [0.1, 0.15) is 36.8 Å². The monoisotopic (exact) mass is 596 g/mol. The SMILES string of the molecule is CC(F)(F)C(=O)[O-].CN(C)c1ccccc1OCCC[N+]1(C)CCC(OC(=O)C2c3ccccc3Oc3ccccc32)C1. The molecule has 230 valence electrons. The number of esters is 1. The number of aliphatic carboxylic acids is 1. The molecule has 1 saturated heterocycles. The van der Waals surface area contributed by atoms with Gasteiger partial charge in [-0.25, -0.2) is 8.78 Å². The molecule has 2 aliphatic rings. The van der Waals surface area contributed by atoms with Crippen LogP contribution in [0.4, 0.5) is 14.5 Å². The van der Waals surface area contributed by atoms with Crippen LogP contribution in [0.3, 0.4) is 0 Å². The van der Waals surface area contributed by atoms with E-state index in [1.165, 1.54) is 0 Å². The number of carboxylic acids is 1. The Morgan fingerprint density at radius 2 is 1.56 bits per heavy atom. The summed E-state index contributed by atoms with van der Waals surface area (Å²) in [7, 11) is 6.30. The van der Waals surface area contributed by atoms with Crippen molar-refractivity contribution in [2.75, 3.05) is 52.3 Å². The van der Waals surface area contributed by atoms with Crippen molar-refractivity contribution < 1.29 is 42.2 Å². The molecule has 3 aromatic rings. The normalized spacial score (nSPS) is 19.2. The summed E-state index contributed by atoms with van der Waals surface area (Å²) in [6.07, 6.45) is 1.73. The number of hydrogen-bond acceptors (Lipinski definition) is 7. The number of carboxylic acid groups (broad SMARTS) is 1. The van der Waals surface area contributed by atoms with Crippen molar-refractivity contribution in [1.29, 1.82) is 0 Å². The van der Waals surface area contributed by atoms with Gasteiger partial charge in [0.05, 0.1) is 32.4 Å². The summed E-state index contributed by atoms with van der Waals surface area (Å²) in [6, 6.07) is 23.6. The van der Waals surface area contributed by atoms with Gasteiger partial charge in [0.1, 0.15) is 35.7 Å². The first kappa shape index (κ1) is 31.7. The third kappa shape index (κ3) is 8.01. The Bertz CT molecular complexity index is 1380. The predicted octanol–water partition coefficient (Wildman–Crippen LogP) is 4.61. The number of carbonyl (C=O) groups excluding carboxylic acids is 2. The smallest absolute Gasteiger partial charge is 0.318 e. The highest BCUT2D eigenvalue weighted by Gasteiger charge is 2.40. The van der Waals surface area contributed by atoms with E-state index >= 15 is 0 Å². The van der Waals surface area contributed by atoms with Crippen LogP contribution in [-0.2, 0) is 14.3 Å². The molecule has 1 fully saturated rings. The Labute approximate surface area is 251 Å². The first-order chi connectivity index (χ1) is 20.4. The molecule has 0 N–H and O–H groups in total. The van der Waals surface area contributed by atoms with E-state index < -0.39 is 17.8 Å². The van der Waals surface area contributed by atoms with E-state index in [-0.39, 0.29) is 19.0 Å². The second-order valence-electron chi connectivity index (χ2n) is 11.4. The number of quaternary nitrogens is 1. The number of fused-ring (bicyclic) bond motifs is 2. The lowest BCUT2D eigenvalue weighted by Crippen LogP contribution is -2.44. The first-order valence-corrected chi connectivity index (χ1v) is 14.3. The molecule has 2 aliphatic heterocycles. The van der Waals surface area contributed by atoms with Gasteiger partial charge in [0.2, 0.25) is 0 Å². The minimum atomic E-state index is -3.69. The molecule has 0 bridgehead atoms. The number of benzene rings is 3.